The molecule has 2 aliphatic rings. The molecule has 1 aromatic rings. The molecule has 1 N–H and O–H groups in total. The summed E-state index contributed by atoms with van der Waals surface area (Å²) in [6.45, 7) is 0. The van der Waals surface area contributed by atoms with Gasteiger partial charge in [-0.15, -0.1) is 0 Å². The molecule has 86 valence electrons. The number of hydrogen-bond acceptors (Lipinski definition) is 1. The summed E-state index contributed by atoms with van der Waals surface area (Å²) in [6, 6.07) is 6.82. The van der Waals surface area contributed by atoms with E-state index in [1.165, 1.54) is 48.8 Å². The van der Waals surface area contributed by atoms with Crippen molar-refractivity contribution in [3.63, 3.8) is 0 Å². The number of benzene rings is 1. The van der Waals surface area contributed by atoms with Crippen LogP contribution in [0.1, 0.15) is 67.2 Å². The Labute approximate surface area is 97.5 Å². The molecule has 0 saturated heterocycles. The molecule has 1 nitrogen and oxygen atoms in total. The first kappa shape index (κ1) is 10.3. The summed E-state index contributed by atoms with van der Waals surface area (Å²) in [5, 5.41) is 9.90. The van der Waals surface area contributed by atoms with E-state index in [1.807, 2.05) is 0 Å². The summed E-state index contributed by atoms with van der Waals surface area (Å²) in [4.78, 5) is 0. The Hall–Kier alpha value is -0.820. The van der Waals surface area contributed by atoms with E-state index in [4.69, 9.17) is 0 Å². The van der Waals surface area contributed by atoms with Crippen molar-refractivity contribution >= 4 is 0 Å². The topological polar surface area (TPSA) is 20.2 Å². The van der Waals surface area contributed by atoms with Gasteiger partial charge in [0, 0.05) is 0 Å². The fraction of sp³-hybridized carbons (Fsp3) is 0.600. The molecule has 0 aromatic heterocycles. The molecule has 3 rings (SSSR count). The zero-order valence-electron chi connectivity index (χ0n) is 9.78. The lowest BCUT2D eigenvalue weighted by molar-refractivity contribution is 0.180. The maximum Gasteiger partial charge on any atom is 0.0796 e. The number of aryl methyl sites for hydroxylation is 1. The van der Waals surface area contributed by atoms with Crippen LogP contribution < -0.4 is 0 Å². The van der Waals surface area contributed by atoms with Crippen molar-refractivity contribution in [3.8, 4) is 0 Å². The predicted molar refractivity (Wildman–Crippen MR) is 65.5 cm³/mol. The van der Waals surface area contributed by atoms with Gasteiger partial charge in [0.2, 0.25) is 0 Å². The van der Waals surface area contributed by atoms with Gasteiger partial charge in [0.25, 0.3) is 0 Å². The normalized spacial score (nSPS) is 25.7. The minimum Gasteiger partial charge on any atom is -0.388 e. The summed E-state index contributed by atoms with van der Waals surface area (Å²) >= 11 is 0. The average molecular weight is 216 g/mol. The molecule has 0 aliphatic heterocycles. The lowest BCUT2D eigenvalue weighted by atomic mass is 9.83. The molecule has 0 bridgehead atoms. The van der Waals surface area contributed by atoms with Crippen LogP contribution in [-0.4, -0.2) is 5.11 Å². The second kappa shape index (κ2) is 4.21. The van der Waals surface area contributed by atoms with E-state index in [1.54, 1.807) is 0 Å². The molecule has 0 radical (unpaired) electrons. The number of fused-ring (bicyclic) bond motifs is 1. The van der Waals surface area contributed by atoms with Gasteiger partial charge >= 0.3 is 0 Å². The van der Waals surface area contributed by atoms with E-state index in [0.29, 0.717) is 0 Å². The highest BCUT2D eigenvalue weighted by Crippen LogP contribution is 2.37. The number of aliphatic hydroxyl groups is 1. The van der Waals surface area contributed by atoms with Crippen LogP contribution in [0, 0.1) is 0 Å². The van der Waals surface area contributed by atoms with Gasteiger partial charge in [0.15, 0.2) is 0 Å². The van der Waals surface area contributed by atoms with Gasteiger partial charge in [0.1, 0.15) is 0 Å². The van der Waals surface area contributed by atoms with E-state index in [9.17, 15) is 5.11 Å². The van der Waals surface area contributed by atoms with Gasteiger partial charge in [-0.3, -0.25) is 0 Å². The molecule has 16 heavy (non-hydrogen) atoms. The molecule has 1 saturated carbocycles. The minimum atomic E-state index is -0.196. The van der Waals surface area contributed by atoms with Crippen LogP contribution in [0.25, 0.3) is 0 Å². The molecule has 1 fully saturated rings. The first-order chi connectivity index (χ1) is 7.84. The number of aliphatic hydroxyl groups excluding tert-OH is 1. The first-order valence-corrected chi connectivity index (χ1v) is 6.65. The van der Waals surface area contributed by atoms with Crippen molar-refractivity contribution in [1.29, 1.82) is 0 Å². The maximum atomic E-state index is 9.90. The highest BCUT2D eigenvalue weighted by atomic mass is 16.3. The van der Waals surface area contributed by atoms with Crippen LogP contribution in [0.15, 0.2) is 18.2 Å². The molecule has 1 atom stereocenters. The minimum absolute atomic E-state index is 0.196. The lowest BCUT2D eigenvalue weighted by Gasteiger charge is -2.22. The summed E-state index contributed by atoms with van der Waals surface area (Å²) in [5.74, 6) is 0.756. The largest absolute Gasteiger partial charge is 0.388 e. The SMILES string of the molecule is O[C@@H]1CCc2ccc(C3CCCCC3)cc21. The molecule has 0 spiro atoms. The molecule has 0 heterocycles. The summed E-state index contributed by atoms with van der Waals surface area (Å²) in [6.07, 6.45) is 8.63. The van der Waals surface area contributed by atoms with Crippen LogP contribution in [-0.2, 0) is 6.42 Å². The fourth-order valence-electron chi connectivity index (χ4n) is 3.29. The molecular formula is C15H20O. The Balaban J connectivity index is 1.88. The molecule has 1 heteroatoms. The van der Waals surface area contributed by atoms with Gasteiger partial charge in [-0.2, -0.15) is 0 Å². The Kier molecular flexibility index (Phi) is 2.72. The zero-order valence-corrected chi connectivity index (χ0v) is 9.78. The number of rotatable bonds is 1. The first-order valence-electron chi connectivity index (χ1n) is 6.65. The van der Waals surface area contributed by atoms with Crippen molar-refractivity contribution in [2.24, 2.45) is 0 Å². The lowest BCUT2D eigenvalue weighted by Crippen LogP contribution is -2.05. The Morgan fingerprint density at radius 3 is 2.62 bits per heavy atom. The van der Waals surface area contributed by atoms with E-state index in [0.717, 1.165) is 18.8 Å². The third-order valence-electron chi connectivity index (χ3n) is 4.29. The van der Waals surface area contributed by atoms with Crippen molar-refractivity contribution < 1.29 is 5.11 Å². The molecule has 1 aromatic carbocycles. The predicted octanol–water partition coefficient (Wildman–Crippen LogP) is 3.71. The van der Waals surface area contributed by atoms with E-state index in [2.05, 4.69) is 18.2 Å². The van der Waals surface area contributed by atoms with Gasteiger partial charge < -0.3 is 5.11 Å². The summed E-state index contributed by atoms with van der Waals surface area (Å²) in [7, 11) is 0. The molecular weight excluding hydrogens is 196 g/mol. The molecule has 0 unspecified atom stereocenters. The van der Waals surface area contributed by atoms with Crippen LogP contribution in [0.5, 0.6) is 0 Å². The Bertz CT molecular complexity index is 377. The summed E-state index contributed by atoms with van der Waals surface area (Å²) in [5.41, 5.74) is 4.05. The van der Waals surface area contributed by atoms with Gasteiger partial charge in [-0.1, -0.05) is 37.5 Å². The van der Waals surface area contributed by atoms with Crippen molar-refractivity contribution in [2.75, 3.05) is 0 Å². The third kappa shape index (κ3) is 1.78. The standard InChI is InChI=1S/C15H20O/c16-15-9-8-12-6-7-13(10-14(12)15)11-4-2-1-3-5-11/h6-7,10-11,15-16H,1-5,8-9H2/t15-/m1/s1. The van der Waals surface area contributed by atoms with Crippen molar-refractivity contribution in [2.45, 2.75) is 57.0 Å². The average Bonchev–Trinajstić information content (AvgIpc) is 2.72. The maximum absolute atomic E-state index is 9.90. The third-order valence-corrected chi connectivity index (χ3v) is 4.29. The highest BCUT2D eigenvalue weighted by molar-refractivity contribution is 5.38. The van der Waals surface area contributed by atoms with Crippen LogP contribution in [0.4, 0.5) is 0 Å². The van der Waals surface area contributed by atoms with Gasteiger partial charge in [0.05, 0.1) is 6.10 Å². The number of hydrogen-bond donors (Lipinski definition) is 1. The van der Waals surface area contributed by atoms with Crippen LogP contribution >= 0.6 is 0 Å². The quantitative estimate of drug-likeness (QED) is 0.758. The fourth-order valence-corrected chi connectivity index (χ4v) is 3.29. The highest BCUT2D eigenvalue weighted by Gasteiger charge is 2.22. The van der Waals surface area contributed by atoms with Crippen LogP contribution in [0.3, 0.4) is 0 Å². The van der Waals surface area contributed by atoms with E-state index < -0.39 is 0 Å². The smallest absolute Gasteiger partial charge is 0.0796 e. The summed E-state index contributed by atoms with van der Waals surface area (Å²) < 4.78 is 0. The Morgan fingerprint density at radius 2 is 1.81 bits per heavy atom. The van der Waals surface area contributed by atoms with Crippen LogP contribution in [0.2, 0.25) is 0 Å². The van der Waals surface area contributed by atoms with Crippen molar-refractivity contribution in [1.82, 2.24) is 0 Å². The van der Waals surface area contributed by atoms with Crippen molar-refractivity contribution in [3.05, 3.63) is 34.9 Å². The second-order valence-electron chi connectivity index (χ2n) is 5.35. The zero-order chi connectivity index (χ0) is 11.0. The van der Waals surface area contributed by atoms with E-state index in [-0.39, 0.29) is 6.10 Å². The van der Waals surface area contributed by atoms with Gasteiger partial charge in [-0.25, -0.2) is 0 Å². The van der Waals surface area contributed by atoms with E-state index >= 15 is 0 Å². The molecule has 2 aliphatic carbocycles. The van der Waals surface area contributed by atoms with Gasteiger partial charge in [-0.05, 0) is 48.3 Å². The second-order valence-corrected chi connectivity index (χ2v) is 5.35. The molecule has 0 amide bonds. The monoisotopic (exact) mass is 216 g/mol. The Morgan fingerprint density at radius 1 is 1.00 bits per heavy atom.